The smallest absolute Gasteiger partial charge is 0.254 e. The Morgan fingerprint density at radius 3 is 2.68 bits per heavy atom. The van der Waals surface area contributed by atoms with Gasteiger partial charge < -0.3 is 11.1 Å². The molecule has 0 unspecified atom stereocenters. The highest BCUT2D eigenvalue weighted by atomic mass is 32.1. The minimum atomic E-state index is -0.542. The molecule has 5 nitrogen and oxygen atoms in total. The Balaban J connectivity index is 2.16. The van der Waals surface area contributed by atoms with Crippen LogP contribution in [0.5, 0.6) is 0 Å². The molecule has 0 aliphatic heterocycles. The normalized spacial score (nSPS) is 12.7. The number of aromatic nitrogens is 1. The van der Waals surface area contributed by atoms with Gasteiger partial charge in [-0.05, 0) is 12.1 Å². The van der Waals surface area contributed by atoms with E-state index in [1.165, 1.54) is 11.3 Å². The molecular formula is C13H16N4OS. The summed E-state index contributed by atoms with van der Waals surface area (Å²) in [6.45, 7) is 5.39. The number of nitrogens with two attached hydrogens (primary N) is 1. The number of thiazole rings is 1. The number of amides is 1. The van der Waals surface area contributed by atoms with Crippen molar-refractivity contribution < 1.29 is 4.79 Å². The molecule has 3 N–H and O–H groups in total. The number of rotatable bonds is 1. The molecule has 1 aromatic heterocycles. The second-order valence-electron chi connectivity index (χ2n) is 5.16. The number of fused-ring (bicyclic) bond motifs is 1. The van der Waals surface area contributed by atoms with E-state index in [9.17, 15) is 4.79 Å². The van der Waals surface area contributed by atoms with E-state index in [1.54, 1.807) is 20.8 Å². The molecule has 1 amide bonds. The number of nitrogens with zero attached hydrogens (tertiary/aromatic N) is 2. The first-order chi connectivity index (χ1) is 8.86. The third-order valence-corrected chi connectivity index (χ3v) is 3.34. The number of aliphatic imine (C=N–C) groups is 1. The molecule has 0 fully saturated rings. The van der Waals surface area contributed by atoms with Gasteiger partial charge in [-0.25, -0.2) is 4.98 Å². The summed E-state index contributed by atoms with van der Waals surface area (Å²) in [4.78, 5) is 19.9. The lowest BCUT2D eigenvalue weighted by Gasteiger charge is -2.12. The van der Waals surface area contributed by atoms with E-state index in [-0.39, 0.29) is 11.9 Å². The maximum Gasteiger partial charge on any atom is 0.254 e. The van der Waals surface area contributed by atoms with Crippen LogP contribution in [0.1, 0.15) is 20.8 Å². The molecule has 0 atom stereocenters. The van der Waals surface area contributed by atoms with Crippen LogP contribution in [-0.4, -0.2) is 16.9 Å². The average Bonchev–Trinajstić information content (AvgIpc) is 2.69. The van der Waals surface area contributed by atoms with Crippen molar-refractivity contribution >= 4 is 38.6 Å². The van der Waals surface area contributed by atoms with Crippen LogP contribution >= 0.6 is 11.3 Å². The van der Waals surface area contributed by atoms with Crippen molar-refractivity contribution in [3.63, 3.8) is 0 Å². The fourth-order valence-electron chi connectivity index (χ4n) is 1.34. The second kappa shape index (κ2) is 4.97. The zero-order chi connectivity index (χ0) is 14.0. The van der Waals surface area contributed by atoms with Crippen molar-refractivity contribution in [3.8, 4) is 0 Å². The van der Waals surface area contributed by atoms with E-state index in [4.69, 9.17) is 5.73 Å². The maximum atomic E-state index is 11.7. The molecule has 0 spiro atoms. The summed E-state index contributed by atoms with van der Waals surface area (Å²) < 4.78 is 1.06. The SMILES string of the molecule is CC(C)(C)C(=O)/N=C(\N)Nc1nc2ccccc2s1. The highest BCUT2D eigenvalue weighted by molar-refractivity contribution is 7.22. The van der Waals surface area contributed by atoms with Crippen LogP contribution in [0.4, 0.5) is 5.13 Å². The number of hydrogen-bond acceptors (Lipinski definition) is 3. The van der Waals surface area contributed by atoms with Crippen molar-refractivity contribution in [1.29, 1.82) is 0 Å². The Labute approximate surface area is 115 Å². The Bertz CT molecular complexity index is 606. The zero-order valence-corrected chi connectivity index (χ0v) is 11.9. The van der Waals surface area contributed by atoms with Crippen molar-refractivity contribution in [2.24, 2.45) is 16.1 Å². The lowest BCUT2D eigenvalue weighted by Crippen LogP contribution is -2.27. The van der Waals surface area contributed by atoms with Crippen molar-refractivity contribution in [2.75, 3.05) is 5.32 Å². The maximum absolute atomic E-state index is 11.7. The summed E-state index contributed by atoms with van der Waals surface area (Å²) >= 11 is 1.47. The molecular weight excluding hydrogens is 260 g/mol. The molecule has 0 saturated carbocycles. The van der Waals surface area contributed by atoms with Crippen molar-refractivity contribution in [3.05, 3.63) is 24.3 Å². The van der Waals surface area contributed by atoms with Gasteiger partial charge in [-0.15, -0.1) is 0 Å². The van der Waals surface area contributed by atoms with Crippen LogP contribution in [-0.2, 0) is 4.79 Å². The Morgan fingerprint density at radius 2 is 2.05 bits per heavy atom. The van der Waals surface area contributed by atoms with Crippen LogP contribution in [0.15, 0.2) is 29.3 Å². The second-order valence-corrected chi connectivity index (χ2v) is 6.19. The van der Waals surface area contributed by atoms with E-state index in [2.05, 4.69) is 15.3 Å². The number of guanidine groups is 1. The largest absolute Gasteiger partial charge is 0.369 e. The predicted molar refractivity (Wildman–Crippen MR) is 79.3 cm³/mol. The first kappa shape index (κ1) is 13.5. The highest BCUT2D eigenvalue weighted by Gasteiger charge is 2.21. The topological polar surface area (TPSA) is 80.4 Å². The number of carbonyl (C=O) groups excluding carboxylic acids is 1. The fourth-order valence-corrected chi connectivity index (χ4v) is 2.21. The Hall–Kier alpha value is -1.95. The summed E-state index contributed by atoms with van der Waals surface area (Å²) in [6, 6.07) is 7.77. The van der Waals surface area contributed by atoms with Crippen molar-refractivity contribution in [1.82, 2.24) is 4.98 Å². The predicted octanol–water partition coefficient (Wildman–Crippen LogP) is 2.60. The van der Waals surface area contributed by atoms with Crippen LogP contribution in [0.25, 0.3) is 10.2 Å². The molecule has 2 rings (SSSR count). The molecule has 0 aliphatic rings. The van der Waals surface area contributed by atoms with Crippen LogP contribution in [0, 0.1) is 5.41 Å². The summed E-state index contributed by atoms with van der Waals surface area (Å²) in [5.41, 5.74) is 6.06. The lowest BCUT2D eigenvalue weighted by atomic mass is 9.96. The number of benzene rings is 1. The highest BCUT2D eigenvalue weighted by Crippen LogP contribution is 2.25. The monoisotopic (exact) mass is 276 g/mol. The molecule has 2 aromatic rings. The molecule has 0 saturated heterocycles. The van der Waals surface area contributed by atoms with Gasteiger partial charge in [-0.2, -0.15) is 4.99 Å². The van der Waals surface area contributed by atoms with E-state index < -0.39 is 5.41 Å². The molecule has 1 aromatic carbocycles. The number of hydrogen-bond donors (Lipinski definition) is 2. The zero-order valence-electron chi connectivity index (χ0n) is 11.1. The third-order valence-electron chi connectivity index (χ3n) is 2.39. The number of nitrogens with one attached hydrogen (secondary N) is 1. The standard InChI is InChI=1S/C13H16N4OS/c1-13(2,3)10(18)16-11(14)17-12-15-8-6-4-5-7-9(8)19-12/h4-7H,1-3H3,(H3,14,15,16,17,18). The average molecular weight is 276 g/mol. The summed E-state index contributed by atoms with van der Waals surface area (Å²) in [5, 5.41) is 3.48. The molecule has 19 heavy (non-hydrogen) atoms. The first-order valence-electron chi connectivity index (χ1n) is 5.87. The van der Waals surface area contributed by atoms with Crippen LogP contribution in [0.2, 0.25) is 0 Å². The third kappa shape index (κ3) is 3.29. The van der Waals surface area contributed by atoms with E-state index >= 15 is 0 Å². The molecule has 100 valence electrons. The van der Waals surface area contributed by atoms with Crippen molar-refractivity contribution in [2.45, 2.75) is 20.8 Å². The minimum absolute atomic E-state index is 0.0685. The summed E-state index contributed by atoms with van der Waals surface area (Å²) in [6.07, 6.45) is 0. The summed E-state index contributed by atoms with van der Waals surface area (Å²) in [7, 11) is 0. The van der Waals surface area contributed by atoms with Crippen LogP contribution < -0.4 is 11.1 Å². The number of carbonyl (C=O) groups is 1. The van der Waals surface area contributed by atoms with Gasteiger partial charge in [0, 0.05) is 5.41 Å². The van der Waals surface area contributed by atoms with Gasteiger partial charge in [0.05, 0.1) is 10.2 Å². The molecule has 0 bridgehead atoms. The van der Waals surface area contributed by atoms with Crippen LogP contribution in [0.3, 0.4) is 0 Å². The fraction of sp³-hybridized carbons (Fsp3) is 0.308. The van der Waals surface area contributed by atoms with Gasteiger partial charge in [0.1, 0.15) is 0 Å². The summed E-state index contributed by atoms with van der Waals surface area (Å²) in [5.74, 6) is -0.197. The molecule has 6 heteroatoms. The quantitative estimate of drug-likeness (QED) is 0.619. The Kier molecular flexibility index (Phi) is 3.53. The van der Waals surface area contributed by atoms with E-state index in [0.29, 0.717) is 5.13 Å². The Morgan fingerprint density at radius 1 is 1.37 bits per heavy atom. The van der Waals surface area contributed by atoms with Gasteiger partial charge in [-0.1, -0.05) is 44.2 Å². The van der Waals surface area contributed by atoms with Gasteiger partial charge in [-0.3, -0.25) is 4.79 Å². The first-order valence-corrected chi connectivity index (χ1v) is 6.69. The lowest BCUT2D eigenvalue weighted by molar-refractivity contribution is -0.124. The molecule has 0 radical (unpaired) electrons. The van der Waals surface area contributed by atoms with E-state index in [1.807, 2.05) is 24.3 Å². The van der Waals surface area contributed by atoms with Gasteiger partial charge >= 0.3 is 0 Å². The number of anilines is 1. The molecule has 0 aliphatic carbocycles. The van der Waals surface area contributed by atoms with Gasteiger partial charge in [0.25, 0.3) is 5.91 Å². The van der Waals surface area contributed by atoms with Gasteiger partial charge in [0.15, 0.2) is 5.13 Å². The number of para-hydroxylation sites is 1. The molecule has 1 heterocycles. The minimum Gasteiger partial charge on any atom is -0.369 e. The van der Waals surface area contributed by atoms with Gasteiger partial charge in [0.2, 0.25) is 5.96 Å². The van der Waals surface area contributed by atoms with E-state index in [0.717, 1.165) is 10.2 Å².